The number of esters is 1. The number of ether oxygens (including phenoxy) is 2. The minimum atomic E-state index is -1.18. The second-order valence-electron chi connectivity index (χ2n) is 8.77. The van der Waals surface area contributed by atoms with Crippen LogP contribution in [0.15, 0.2) is 45.9 Å². The number of nitrogens with zero attached hydrogens (tertiary/aromatic N) is 1. The van der Waals surface area contributed by atoms with Crippen molar-refractivity contribution < 1.29 is 19.1 Å². The monoisotopic (exact) mass is 504 g/mol. The lowest BCUT2D eigenvalue weighted by atomic mass is 9.73. The van der Waals surface area contributed by atoms with Gasteiger partial charge in [-0.15, -0.1) is 11.3 Å². The molecule has 0 saturated heterocycles. The van der Waals surface area contributed by atoms with E-state index in [0.29, 0.717) is 18.7 Å². The smallest absolute Gasteiger partial charge is 0.354 e. The number of carbonyl (C=O) groups is 2. The molecule has 31 heavy (non-hydrogen) atoms. The van der Waals surface area contributed by atoms with E-state index in [2.05, 4.69) is 15.9 Å². The lowest BCUT2D eigenvalue weighted by molar-refractivity contribution is -0.152. The first-order valence-corrected chi connectivity index (χ1v) is 11.7. The van der Waals surface area contributed by atoms with Gasteiger partial charge in [-0.1, -0.05) is 6.07 Å². The Morgan fingerprint density at radius 1 is 1.32 bits per heavy atom. The van der Waals surface area contributed by atoms with Crippen LogP contribution >= 0.6 is 27.3 Å². The Labute approximate surface area is 194 Å². The van der Waals surface area contributed by atoms with Crippen molar-refractivity contribution in [2.45, 2.75) is 44.2 Å². The Bertz CT molecular complexity index is 1070. The zero-order valence-electron chi connectivity index (χ0n) is 17.9. The highest BCUT2D eigenvalue weighted by molar-refractivity contribution is 9.10. The van der Waals surface area contributed by atoms with Gasteiger partial charge in [0.25, 0.3) is 0 Å². The molecule has 1 amide bonds. The van der Waals surface area contributed by atoms with Crippen molar-refractivity contribution in [2.24, 2.45) is 5.73 Å². The molecule has 8 heteroatoms. The predicted octanol–water partition coefficient (Wildman–Crippen LogP) is 4.08. The number of methoxy groups -OCH3 is 1. The van der Waals surface area contributed by atoms with Crippen LogP contribution in [0.25, 0.3) is 0 Å². The van der Waals surface area contributed by atoms with E-state index >= 15 is 0 Å². The van der Waals surface area contributed by atoms with Gasteiger partial charge in [-0.05, 0) is 83.9 Å². The molecular weight excluding hydrogens is 480 g/mol. The number of primary amides is 1. The third-order valence-electron chi connectivity index (χ3n) is 5.69. The van der Waals surface area contributed by atoms with Gasteiger partial charge in [-0.3, -0.25) is 4.79 Å². The molecule has 0 fully saturated rings. The normalized spacial score (nSPS) is 22.4. The van der Waals surface area contributed by atoms with E-state index in [1.54, 1.807) is 13.2 Å². The zero-order valence-corrected chi connectivity index (χ0v) is 20.3. The van der Waals surface area contributed by atoms with Gasteiger partial charge < -0.3 is 20.1 Å². The fraction of sp³-hybridized carbons (Fsp3) is 0.391. The quantitative estimate of drug-likeness (QED) is 0.634. The van der Waals surface area contributed by atoms with Crippen LogP contribution in [-0.2, 0) is 26.2 Å². The molecule has 6 nitrogen and oxygen atoms in total. The van der Waals surface area contributed by atoms with Crippen molar-refractivity contribution in [1.29, 1.82) is 0 Å². The van der Waals surface area contributed by atoms with Crippen molar-refractivity contribution >= 4 is 39.1 Å². The fourth-order valence-electron chi connectivity index (χ4n) is 4.46. The SMILES string of the molecule is COc1cc2c(cc1Br)C1N(CC2)C(C(=O)OC(C)(C)C)=CC1(C(N)=O)c1cccs1. The Balaban J connectivity index is 1.94. The second kappa shape index (κ2) is 7.67. The molecule has 2 unspecified atom stereocenters. The number of fused-ring (bicyclic) bond motifs is 3. The zero-order chi connectivity index (χ0) is 22.6. The Morgan fingerprint density at radius 2 is 2.06 bits per heavy atom. The summed E-state index contributed by atoms with van der Waals surface area (Å²) in [6, 6.07) is 7.30. The molecule has 1 aromatic heterocycles. The van der Waals surface area contributed by atoms with Crippen LogP contribution in [0.2, 0.25) is 0 Å². The minimum Gasteiger partial charge on any atom is -0.496 e. The highest BCUT2D eigenvalue weighted by Gasteiger charge is 2.57. The van der Waals surface area contributed by atoms with Crippen LogP contribution in [0.4, 0.5) is 0 Å². The van der Waals surface area contributed by atoms with Crippen LogP contribution < -0.4 is 10.5 Å². The van der Waals surface area contributed by atoms with E-state index in [-0.39, 0.29) is 0 Å². The summed E-state index contributed by atoms with van der Waals surface area (Å²) in [5.74, 6) is -0.220. The number of benzene rings is 1. The summed E-state index contributed by atoms with van der Waals surface area (Å²) in [6.07, 6.45) is 2.42. The van der Waals surface area contributed by atoms with Gasteiger partial charge in [-0.2, -0.15) is 0 Å². The molecule has 3 heterocycles. The van der Waals surface area contributed by atoms with Gasteiger partial charge in [0, 0.05) is 11.4 Å². The molecule has 2 aromatic rings. The van der Waals surface area contributed by atoms with Crippen LogP contribution in [0.5, 0.6) is 5.75 Å². The summed E-state index contributed by atoms with van der Waals surface area (Å²) < 4.78 is 11.9. The standard InChI is InChI=1S/C23H25BrN2O4S/c1-22(2,3)30-20(27)16-12-23(21(25)28,18-6-5-9-31-18)19-14-11-15(24)17(29-4)10-13(14)7-8-26(16)19/h5-6,9-12,19H,7-8H2,1-4H3,(H2,25,28). The maximum atomic E-state index is 13.2. The molecule has 1 aromatic carbocycles. The number of hydrogen-bond donors (Lipinski definition) is 1. The lowest BCUT2D eigenvalue weighted by Gasteiger charge is -2.42. The molecule has 0 radical (unpaired) electrons. The topological polar surface area (TPSA) is 81.9 Å². The predicted molar refractivity (Wildman–Crippen MR) is 123 cm³/mol. The van der Waals surface area contributed by atoms with Crippen LogP contribution in [0.1, 0.15) is 42.8 Å². The number of carbonyl (C=O) groups excluding carboxylic acids is 2. The van der Waals surface area contributed by atoms with E-state index < -0.39 is 28.9 Å². The van der Waals surface area contributed by atoms with Gasteiger partial charge in [0.05, 0.1) is 17.6 Å². The van der Waals surface area contributed by atoms with Gasteiger partial charge in [0.2, 0.25) is 5.91 Å². The lowest BCUT2D eigenvalue weighted by Crippen LogP contribution is -2.48. The van der Waals surface area contributed by atoms with Crippen molar-refractivity contribution in [1.82, 2.24) is 4.90 Å². The molecule has 0 bridgehead atoms. The summed E-state index contributed by atoms with van der Waals surface area (Å²) >= 11 is 5.03. The van der Waals surface area contributed by atoms with Crippen LogP contribution in [-0.4, -0.2) is 36.0 Å². The Hall–Kier alpha value is -2.32. The summed E-state index contributed by atoms with van der Waals surface area (Å²) in [6.45, 7) is 6.04. The summed E-state index contributed by atoms with van der Waals surface area (Å²) in [7, 11) is 1.62. The number of thiophene rings is 1. The van der Waals surface area contributed by atoms with E-state index in [0.717, 1.165) is 26.2 Å². The summed E-state index contributed by atoms with van der Waals surface area (Å²) in [4.78, 5) is 29.1. The molecule has 2 atom stereocenters. The molecule has 164 valence electrons. The van der Waals surface area contributed by atoms with Crippen LogP contribution in [0.3, 0.4) is 0 Å². The number of halogens is 1. The third-order valence-corrected chi connectivity index (χ3v) is 7.33. The van der Waals surface area contributed by atoms with Gasteiger partial charge in [0.1, 0.15) is 22.5 Å². The maximum absolute atomic E-state index is 13.2. The van der Waals surface area contributed by atoms with Gasteiger partial charge in [0.15, 0.2) is 0 Å². The minimum absolute atomic E-state index is 0.379. The van der Waals surface area contributed by atoms with E-state index in [9.17, 15) is 9.59 Å². The molecule has 0 aliphatic carbocycles. The molecule has 2 aliphatic heterocycles. The Kier molecular flexibility index (Phi) is 5.42. The summed E-state index contributed by atoms with van der Waals surface area (Å²) in [5, 5.41) is 1.91. The number of hydrogen-bond acceptors (Lipinski definition) is 6. The summed E-state index contributed by atoms with van der Waals surface area (Å²) in [5.41, 5.74) is 6.64. The number of amides is 1. The van der Waals surface area contributed by atoms with Gasteiger partial charge >= 0.3 is 5.97 Å². The Morgan fingerprint density at radius 3 is 2.65 bits per heavy atom. The average Bonchev–Trinajstić information content (AvgIpc) is 3.32. The van der Waals surface area contributed by atoms with Gasteiger partial charge in [-0.25, -0.2) is 4.79 Å². The molecule has 4 rings (SSSR count). The van der Waals surface area contributed by atoms with E-state index in [1.807, 2.05) is 55.3 Å². The fourth-order valence-corrected chi connectivity index (χ4v) is 5.91. The number of nitrogens with two attached hydrogens (primary N) is 1. The average molecular weight is 505 g/mol. The largest absolute Gasteiger partial charge is 0.496 e. The highest BCUT2D eigenvalue weighted by atomic mass is 79.9. The van der Waals surface area contributed by atoms with Crippen molar-refractivity contribution in [3.05, 3.63) is 61.9 Å². The first-order chi connectivity index (χ1) is 14.6. The van der Waals surface area contributed by atoms with E-state index in [1.165, 1.54) is 11.3 Å². The van der Waals surface area contributed by atoms with Crippen LogP contribution in [0, 0.1) is 0 Å². The van der Waals surface area contributed by atoms with E-state index in [4.69, 9.17) is 15.2 Å². The van der Waals surface area contributed by atoms with Crippen molar-refractivity contribution in [2.75, 3.05) is 13.7 Å². The molecular formula is C23H25BrN2O4S. The third kappa shape index (κ3) is 3.55. The number of rotatable bonds is 4. The van der Waals surface area contributed by atoms with Crippen molar-refractivity contribution in [3.63, 3.8) is 0 Å². The molecule has 0 spiro atoms. The first kappa shape index (κ1) is 21.9. The molecule has 2 aliphatic rings. The maximum Gasteiger partial charge on any atom is 0.354 e. The molecule has 2 N–H and O–H groups in total. The molecule has 0 saturated carbocycles. The van der Waals surface area contributed by atoms with Crippen molar-refractivity contribution in [3.8, 4) is 5.75 Å². The highest BCUT2D eigenvalue weighted by Crippen LogP contribution is 2.54. The first-order valence-electron chi connectivity index (χ1n) is 10.0. The second-order valence-corrected chi connectivity index (χ2v) is 10.6.